The van der Waals surface area contributed by atoms with Crippen LogP contribution in [-0.2, 0) is 0 Å². The maximum absolute atomic E-state index is 12.3. The zero-order chi connectivity index (χ0) is 17.5. The second kappa shape index (κ2) is 8.77. The summed E-state index contributed by atoms with van der Waals surface area (Å²) in [6.45, 7) is 0. The van der Waals surface area contributed by atoms with Crippen LogP contribution < -0.4 is 20.9 Å². The molecule has 0 saturated carbocycles. The molecule has 0 atom stereocenters. The number of hydrogen-bond acceptors (Lipinski definition) is 4. The minimum atomic E-state index is -0.347. The molecule has 24 heavy (non-hydrogen) atoms. The minimum Gasteiger partial charge on any atom is -0.496 e. The highest BCUT2D eigenvalue weighted by Crippen LogP contribution is 2.25. The topological polar surface area (TPSA) is 62.4 Å². The third-order valence-corrected chi connectivity index (χ3v) is 4.23. The molecule has 0 aliphatic heterocycles. The van der Waals surface area contributed by atoms with E-state index in [9.17, 15) is 4.79 Å². The van der Waals surface area contributed by atoms with Gasteiger partial charge in [0.15, 0.2) is 5.11 Å². The predicted molar refractivity (Wildman–Crippen MR) is 103 cm³/mol. The van der Waals surface area contributed by atoms with Crippen molar-refractivity contribution in [3.05, 3.63) is 53.1 Å². The fourth-order valence-corrected chi connectivity index (χ4v) is 2.59. The molecule has 3 N–H and O–H groups in total. The molecule has 1 amide bonds. The molecule has 0 aliphatic carbocycles. The number of rotatable bonds is 4. The summed E-state index contributed by atoms with van der Waals surface area (Å²) in [5.41, 5.74) is 6.36. The van der Waals surface area contributed by atoms with E-state index in [1.165, 1.54) is 7.11 Å². The molecule has 2 rings (SSSR count). The molecule has 0 spiro atoms. The van der Waals surface area contributed by atoms with Gasteiger partial charge in [0.1, 0.15) is 5.75 Å². The second-order valence-corrected chi connectivity index (χ2v) is 6.33. The van der Waals surface area contributed by atoms with E-state index in [0.717, 1.165) is 10.6 Å². The molecule has 0 heterocycles. The number of benzene rings is 2. The van der Waals surface area contributed by atoms with E-state index in [1.54, 1.807) is 42.1 Å². The van der Waals surface area contributed by atoms with Crippen molar-refractivity contribution in [2.24, 2.45) is 0 Å². The molecule has 0 aliphatic rings. The quantitative estimate of drug-likeness (QED) is 0.426. The summed E-state index contributed by atoms with van der Waals surface area (Å²) in [5.74, 6) is 0.150. The van der Waals surface area contributed by atoms with Gasteiger partial charge in [0.25, 0.3) is 5.91 Å². The summed E-state index contributed by atoms with van der Waals surface area (Å²) in [5, 5.41) is 3.82. The first-order valence-corrected chi connectivity index (χ1v) is 8.89. The van der Waals surface area contributed by atoms with Crippen molar-refractivity contribution in [2.45, 2.75) is 4.90 Å². The highest BCUT2D eigenvalue weighted by atomic mass is 35.5. The van der Waals surface area contributed by atoms with Gasteiger partial charge in [0.2, 0.25) is 0 Å². The van der Waals surface area contributed by atoms with Crippen LogP contribution in [0.3, 0.4) is 0 Å². The lowest BCUT2D eigenvalue weighted by Crippen LogP contribution is -2.43. The molecule has 5 nitrogen and oxygen atoms in total. The van der Waals surface area contributed by atoms with Crippen LogP contribution in [0.15, 0.2) is 47.4 Å². The Morgan fingerprint density at radius 2 is 1.88 bits per heavy atom. The number of halogens is 1. The number of nitrogens with one attached hydrogen (secondary N) is 3. The number of thioether (sulfide) groups is 1. The van der Waals surface area contributed by atoms with Crippen molar-refractivity contribution in [3.8, 4) is 5.75 Å². The van der Waals surface area contributed by atoms with E-state index in [1.807, 2.05) is 18.4 Å². The van der Waals surface area contributed by atoms with Crippen LogP contribution >= 0.6 is 35.6 Å². The minimum absolute atomic E-state index is 0.255. The maximum atomic E-state index is 12.3. The zero-order valence-electron chi connectivity index (χ0n) is 13.1. The summed E-state index contributed by atoms with van der Waals surface area (Å²) in [4.78, 5) is 13.3. The fraction of sp³-hybridized carbons (Fsp3) is 0.125. The molecule has 8 heteroatoms. The Bertz CT molecular complexity index is 739. The van der Waals surface area contributed by atoms with Crippen LogP contribution in [0.25, 0.3) is 0 Å². The molecule has 0 saturated heterocycles. The first kappa shape index (κ1) is 18.4. The maximum Gasteiger partial charge on any atom is 0.273 e. The van der Waals surface area contributed by atoms with Crippen molar-refractivity contribution < 1.29 is 9.53 Å². The van der Waals surface area contributed by atoms with Crippen molar-refractivity contribution in [1.82, 2.24) is 10.9 Å². The second-order valence-electron chi connectivity index (χ2n) is 4.61. The highest BCUT2D eigenvalue weighted by Gasteiger charge is 2.13. The van der Waals surface area contributed by atoms with Crippen LogP contribution in [0.1, 0.15) is 10.4 Å². The van der Waals surface area contributed by atoms with E-state index in [-0.39, 0.29) is 11.0 Å². The van der Waals surface area contributed by atoms with E-state index in [2.05, 4.69) is 16.2 Å². The number of anilines is 1. The van der Waals surface area contributed by atoms with Crippen molar-refractivity contribution in [2.75, 3.05) is 18.7 Å². The van der Waals surface area contributed by atoms with Gasteiger partial charge in [-0.05, 0) is 60.9 Å². The van der Waals surface area contributed by atoms with Gasteiger partial charge in [-0.3, -0.25) is 15.6 Å². The predicted octanol–water partition coefficient (Wildman–Crippen LogP) is 3.70. The average molecular weight is 382 g/mol. The number of carbonyl (C=O) groups is 1. The molecule has 2 aromatic carbocycles. The van der Waals surface area contributed by atoms with E-state index in [4.69, 9.17) is 28.6 Å². The lowest BCUT2D eigenvalue weighted by Gasteiger charge is -2.13. The summed E-state index contributed by atoms with van der Waals surface area (Å²) in [7, 11) is 1.52. The molecule has 0 bridgehead atoms. The van der Waals surface area contributed by atoms with Gasteiger partial charge in [-0.1, -0.05) is 11.6 Å². The van der Waals surface area contributed by atoms with Gasteiger partial charge in [0.05, 0.1) is 12.7 Å². The number of hydrazine groups is 1. The molecule has 0 aromatic heterocycles. The number of methoxy groups -OCH3 is 1. The third kappa shape index (κ3) is 5.02. The van der Waals surface area contributed by atoms with Gasteiger partial charge in [0, 0.05) is 15.6 Å². The summed E-state index contributed by atoms with van der Waals surface area (Å²) in [6.07, 6.45) is 1.96. The smallest absolute Gasteiger partial charge is 0.273 e. The lowest BCUT2D eigenvalue weighted by atomic mass is 10.2. The van der Waals surface area contributed by atoms with Crippen LogP contribution in [0.5, 0.6) is 5.75 Å². The Morgan fingerprint density at radius 1 is 1.17 bits per heavy atom. The van der Waals surface area contributed by atoms with Gasteiger partial charge in [-0.15, -0.1) is 11.8 Å². The number of carbonyl (C=O) groups excluding carboxylic acids is 1. The number of thiocarbonyl (C=S) groups is 1. The summed E-state index contributed by atoms with van der Waals surface area (Å²) < 4.78 is 5.26. The van der Waals surface area contributed by atoms with Crippen molar-refractivity contribution in [1.29, 1.82) is 0 Å². The van der Waals surface area contributed by atoms with Crippen molar-refractivity contribution >= 4 is 52.3 Å². The molecule has 126 valence electrons. The molecule has 0 radical (unpaired) electrons. The molecule has 0 fully saturated rings. The molecule has 0 unspecified atom stereocenters. The molecule has 2 aromatic rings. The summed E-state index contributed by atoms with van der Waals surface area (Å²) >= 11 is 12.5. The average Bonchev–Trinajstić information content (AvgIpc) is 2.61. The zero-order valence-corrected chi connectivity index (χ0v) is 15.4. The Balaban J connectivity index is 1.95. The Hall–Kier alpha value is -1.96. The number of hydrogen-bond donors (Lipinski definition) is 3. The van der Waals surface area contributed by atoms with Gasteiger partial charge in [-0.25, -0.2) is 0 Å². The van der Waals surface area contributed by atoms with E-state index >= 15 is 0 Å². The Morgan fingerprint density at radius 3 is 2.50 bits per heavy atom. The van der Waals surface area contributed by atoms with Crippen LogP contribution in [0.2, 0.25) is 5.02 Å². The lowest BCUT2D eigenvalue weighted by molar-refractivity contribution is 0.0941. The largest absolute Gasteiger partial charge is 0.496 e. The van der Waals surface area contributed by atoms with Crippen molar-refractivity contribution in [3.63, 3.8) is 0 Å². The van der Waals surface area contributed by atoms with Crippen LogP contribution in [-0.4, -0.2) is 24.4 Å². The number of amides is 1. The van der Waals surface area contributed by atoms with Crippen LogP contribution in [0, 0.1) is 0 Å². The Labute approximate surface area is 155 Å². The summed E-state index contributed by atoms with van der Waals surface area (Å²) in [6, 6.07) is 12.4. The fourth-order valence-electron chi connectivity index (χ4n) is 1.86. The molecular weight excluding hydrogens is 366 g/mol. The van der Waals surface area contributed by atoms with Gasteiger partial charge >= 0.3 is 0 Å². The first-order chi connectivity index (χ1) is 11.5. The Kier molecular flexibility index (Phi) is 6.72. The van der Waals surface area contributed by atoms with E-state index in [0.29, 0.717) is 16.3 Å². The SMILES string of the molecule is COc1cc(SC)ccc1C(=O)NNC(=S)Nc1ccc(Cl)cc1. The first-order valence-electron chi connectivity index (χ1n) is 6.88. The van der Waals surface area contributed by atoms with Gasteiger partial charge < -0.3 is 10.1 Å². The molecular formula is C16H16ClN3O2S2. The van der Waals surface area contributed by atoms with E-state index < -0.39 is 0 Å². The standard InChI is InChI=1S/C16H16ClN3O2S2/c1-22-14-9-12(24-2)7-8-13(14)15(21)19-20-16(23)18-11-5-3-10(17)4-6-11/h3-9H,1-2H3,(H,19,21)(H2,18,20,23). The third-order valence-electron chi connectivity index (χ3n) is 3.04. The van der Waals surface area contributed by atoms with Gasteiger partial charge in [-0.2, -0.15) is 0 Å². The highest BCUT2D eigenvalue weighted by molar-refractivity contribution is 7.98. The monoisotopic (exact) mass is 381 g/mol. The van der Waals surface area contributed by atoms with Crippen LogP contribution in [0.4, 0.5) is 5.69 Å². The number of ether oxygens (including phenoxy) is 1. The normalized spacial score (nSPS) is 9.96.